The van der Waals surface area contributed by atoms with E-state index in [1.165, 1.54) is 17.8 Å². The highest BCUT2D eigenvalue weighted by atomic mass is 35.5. The molecule has 1 N–H and O–H groups in total. The van der Waals surface area contributed by atoms with E-state index >= 15 is 0 Å². The molecule has 7 heteroatoms. The molecule has 0 saturated carbocycles. The molecule has 2 aromatic rings. The summed E-state index contributed by atoms with van der Waals surface area (Å²) in [5, 5.41) is 3.33. The fourth-order valence-electron chi connectivity index (χ4n) is 2.70. The van der Waals surface area contributed by atoms with Crippen LogP contribution in [0.3, 0.4) is 0 Å². The summed E-state index contributed by atoms with van der Waals surface area (Å²) in [4.78, 5) is 12.1. The number of carbonyl (C=O) groups is 1. The summed E-state index contributed by atoms with van der Waals surface area (Å²) in [6.45, 7) is 5.51. The molecule has 0 radical (unpaired) electrons. The van der Waals surface area contributed by atoms with Gasteiger partial charge >= 0.3 is 0 Å². The Bertz CT molecular complexity index is 783. The molecule has 0 aliphatic rings. The number of hydrogen-bond acceptors (Lipinski definition) is 4. The van der Waals surface area contributed by atoms with Crippen molar-refractivity contribution in [2.75, 3.05) is 25.5 Å². The molecule has 2 rings (SSSR count). The predicted octanol–water partition coefficient (Wildman–Crippen LogP) is 5.26. The van der Waals surface area contributed by atoms with Gasteiger partial charge in [0.1, 0.15) is 5.82 Å². The van der Waals surface area contributed by atoms with Gasteiger partial charge in [0.25, 0.3) is 0 Å². The van der Waals surface area contributed by atoms with Gasteiger partial charge in [-0.25, -0.2) is 4.39 Å². The SMILES string of the molecule is CCOc1ccc(CCC(=O)NCCSCc2c(F)cccc2Cl)cc1OCC. The molecule has 1 amide bonds. The molecule has 0 heterocycles. The largest absolute Gasteiger partial charge is 0.490 e. The van der Waals surface area contributed by atoms with Crippen molar-refractivity contribution >= 4 is 29.3 Å². The number of halogens is 2. The Morgan fingerprint density at radius 2 is 1.90 bits per heavy atom. The van der Waals surface area contributed by atoms with Crippen LogP contribution in [0.25, 0.3) is 0 Å². The Labute approximate surface area is 181 Å². The van der Waals surface area contributed by atoms with Gasteiger partial charge < -0.3 is 14.8 Å². The molecule has 0 saturated heterocycles. The Balaban J connectivity index is 1.71. The van der Waals surface area contributed by atoms with E-state index < -0.39 is 0 Å². The lowest BCUT2D eigenvalue weighted by Crippen LogP contribution is -2.25. The number of hydrogen-bond donors (Lipinski definition) is 1. The first-order chi connectivity index (χ1) is 14.0. The van der Waals surface area contributed by atoms with E-state index in [0.717, 1.165) is 11.3 Å². The summed E-state index contributed by atoms with van der Waals surface area (Å²) in [6, 6.07) is 10.4. The maximum Gasteiger partial charge on any atom is 0.220 e. The number of amides is 1. The molecule has 29 heavy (non-hydrogen) atoms. The van der Waals surface area contributed by atoms with Gasteiger partial charge in [0.05, 0.1) is 13.2 Å². The number of carbonyl (C=O) groups excluding carboxylic acids is 1. The van der Waals surface area contributed by atoms with Crippen molar-refractivity contribution < 1.29 is 18.7 Å². The second-order valence-electron chi connectivity index (χ2n) is 6.25. The summed E-state index contributed by atoms with van der Waals surface area (Å²) in [6.07, 6.45) is 1.01. The van der Waals surface area contributed by atoms with Crippen molar-refractivity contribution in [3.05, 3.63) is 58.4 Å². The topological polar surface area (TPSA) is 47.6 Å². The summed E-state index contributed by atoms with van der Waals surface area (Å²) < 4.78 is 24.9. The van der Waals surface area contributed by atoms with Crippen LogP contribution < -0.4 is 14.8 Å². The van der Waals surface area contributed by atoms with Gasteiger partial charge in [0.2, 0.25) is 5.91 Å². The highest BCUT2D eigenvalue weighted by Gasteiger charge is 2.09. The molecule has 0 spiro atoms. The molecular formula is C22H27ClFNO3S. The molecule has 0 atom stereocenters. The van der Waals surface area contributed by atoms with Crippen LogP contribution in [-0.2, 0) is 17.0 Å². The first-order valence-electron chi connectivity index (χ1n) is 9.71. The quantitative estimate of drug-likeness (QED) is 0.458. The lowest BCUT2D eigenvalue weighted by Gasteiger charge is -2.12. The van der Waals surface area contributed by atoms with Crippen molar-refractivity contribution in [3.8, 4) is 11.5 Å². The zero-order valence-corrected chi connectivity index (χ0v) is 18.4. The van der Waals surface area contributed by atoms with Gasteiger partial charge in [-0.2, -0.15) is 11.8 Å². The fourth-order valence-corrected chi connectivity index (χ4v) is 3.90. The third-order valence-electron chi connectivity index (χ3n) is 4.13. The van der Waals surface area contributed by atoms with Crippen LogP contribution in [0, 0.1) is 5.82 Å². The van der Waals surface area contributed by atoms with Crippen LogP contribution in [0.2, 0.25) is 5.02 Å². The highest BCUT2D eigenvalue weighted by Crippen LogP contribution is 2.29. The lowest BCUT2D eigenvalue weighted by molar-refractivity contribution is -0.120. The van der Waals surface area contributed by atoms with Crippen LogP contribution in [0.1, 0.15) is 31.4 Å². The monoisotopic (exact) mass is 439 g/mol. The average Bonchev–Trinajstić information content (AvgIpc) is 2.70. The Hall–Kier alpha value is -1.92. The smallest absolute Gasteiger partial charge is 0.220 e. The van der Waals surface area contributed by atoms with Crippen molar-refractivity contribution in [1.82, 2.24) is 5.32 Å². The van der Waals surface area contributed by atoms with Crippen molar-refractivity contribution in [1.29, 1.82) is 0 Å². The number of aryl methyl sites for hydroxylation is 1. The standard InChI is InChI=1S/C22H27ClFNO3S/c1-3-27-20-10-8-16(14-21(20)28-4-2)9-11-22(26)25-12-13-29-15-17-18(23)6-5-7-19(17)24/h5-8,10,14H,3-4,9,11-13,15H2,1-2H3,(H,25,26). The third kappa shape index (κ3) is 7.78. The van der Waals surface area contributed by atoms with Gasteiger partial charge in [-0.1, -0.05) is 23.7 Å². The van der Waals surface area contributed by atoms with E-state index in [4.69, 9.17) is 21.1 Å². The van der Waals surface area contributed by atoms with Crippen LogP contribution in [0.4, 0.5) is 4.39 Å². The van der Waals surface area contributed by atoms with E-state index in [1.807, 2.05) is 32.0 Å². The Kier molecular flexibility index (Phi) is 10.2. The molecule has 2 aromatic carbocycles. The summed E-state index contributed by atoms with van der Waals surface area (Å²) >= 11 is 7.55. The minimum atomic E-state index is -0.296. The van der Waals surface area contributed by atoms with E-state index in [-0.39, 0.29) is 11.7 Å². The summed E-state index contributed by atoms with van der Waals surface area (Å²) in [7, 11) is 0. The third-order valence-corrected chi connectivity index (χ3v) is 5.46. The van der Waals surface area contributed by atoms with Crippen LogP contribution in [0.5, 0.6) is 11.5 Å². The lowest BCUT2D eigenvalue weighted by atomic mass is 10.1. The number of thioether (sulfide) groups is 1. The second kappa shape index (κ2) is 12.6. The fraction of sp³-hybridized carbons (Fsp3) is 0.409. The molecular weight excluding hydrogens is 413 g/mol. The first kappa shape index (κ1) is 23.4. The second-order valence-corrected chi connectivity index (χ2v) is 7.76. The van der Waals surface area contributed by atoms with Gasteiger partial charge in [-0.05, 0) is 50.1 Å². The minimum Gasteiger partial charge on any atom is -0.490 e. The van der Waals surface area contributed by atoms with Crippen LogP contribution in [-0.4, -0.2) is 31.4 Å². The molecule has 0 aliphatic heterocycles. The van der Waals surface area contributed by atoms with Crippen molar-refractivity contribution in [3.63, 3.8) is 0 Å². The van der Waals surface area contributed by atoms with Crippen LogP contribution in [0.15, 0.2) is 36.4 Å². The maximum absolute atomic E-state index is 13.7. The molecule has 0 unspecified atom stereocenters. The Morgan fingerprint density at radius 3 is 2.62 bits per heavy atom. The van der Waals surface area contributed by atoms with Gasteiger partial charge in [0.15, 0.2) is 11.5 Å². The van der Waals surface area contributed by atoms with Gasteiger partial charge in [-0.15, -0.1) is 0 Å². The predicted molar refractivity (Wildman–Crippen MR) is 118 cm³/mol. The van der Waals surface area contributed by atoms with Crippen molar-refractivity contribution in [2.45, 2.75) is 32.4 Å². The van der Waals surface area contributed by atoms with Crippen molar-refractivity contribution in [2.24, 2.45) is 0 Å². The number of benzene rings is 2. The minimum absolute atomic E-state index is 0.0126. The number of ether oxygens (including phenoxy) is 2. The van der Waals surface area contributed by atoms with Crippen LogP contribution >= 0.6 is 23.4 Å². The molecule has 0 fully saturated rings. The molecule has 0 aliphatic carbocycles. The first-order valence-corrected chi connectivity index (χ1v) is 11.2. The van der Waals surface area contributed by atoms with E-state index in [9.17, 15) is 9.18 Å². The average molecular weight is 440 g/mol. The van der Waals surface area contributed by atoms with Gasteiger partial charge in [0, 0.05) is 35.1 Å². The normalized spacial score (nSPS) is 10.6. The molecule has 158 valence electrons. The molecule has 4 nitrogen and oxygen atoms in total. The molecule has 0 aromatic heterocycles. The summed E-state index contributed by atoms with van der Waals surface area (Å²) in [5.41, 5.74) is 1.53. The number of rotatable bonds is 12. The number of nitrogens with one attached hydrogen (secondary N) is 1. The maximum atomic E-state index is 13.7. The highest BCUT2D eigenvalue weighted by molar-refractivity contribution is 7.98. The Morgan fingerprint density at radius 1 is 1.14 bits per heavy atom. The zero-order valence-electron chi connectivity index (χ0n) is 16.8. The zero-order chi connectivity index (χ0) is 21.1. The molecule has 0 bridgehead atoms. The van der Waals surface area contributed by atoms with Gasteiger partial charge in [-0.3, -0.25) is 4.79 Å². The van der Waals surface area contributed by atoms with E-state index in [1.54, 1.807) is 12.1 Å². The van der Waals surface area contributed by atoms with E-state index in [0.29, 0.717) is 60.4 Å². The summed E-state index contributed by atoms with van der Waals surface area (Å²) in [5.74, 6) is 2.28. The van der Waals surface area contributed by atoms with E-state index in [2.05, 4.69) is 5.32 Å².